The van der Waals surface area contributed by atoms with Gasteiger partial charge >= 0.3 is 13.7 Å². The molecule has 0 amide bonds. The van der Waals surface area contributed by atoms with E-state index in [-0.39, 0.29) is 19.7 Å². The molecule has 53 heavy (non-hydrogen) atoms. The van der Waals surface area contributed by atoms with E-state index in [2.05, 4.69) is 154 Å². The van der Waals surface area contributed by atoms with Gasteiger partial charge in [-0.25, -0.2) is 0 Å². The number of aromatic nitrogens is 1. The van der Waals surface area contributed by atoms with Crippen molar-refractivity contribution in [3.63, 3.8) is 0 Å². The third kappa shape index (κ3) is 2.78. The van der Waals surface area contributed by atoms with Crippen molar-refractivity contribution in [2.45, 2.75) is 6.04 Å². The van der Waals surface area contributed by atoms with Crippen LogP contribution < -0.4 is 26.8 Å². The number of hydrogen-bond donors (Lipinski definition) is 0. The van der Waals surface area contributed by atoms with Gasteiger partial charge in [0, 0.05) is 33.5 Å². The summed E-state index contributed by atoms with van der Waals surface area (Å²) in [5, 5.41) is 5.89. The summed E-state index contributed by atoms with van der Waals surface area (Å²) in [6.07, 6.45) is 14.2. The summed E-state index contributed by atoms with van der Waals surface area (Å²) in [6.45, 7) is 0.0261. The number of furan rings is 2. The molecule has 5 aliphatic heterocycles. The van der Waals surface area contributed by atoms with Crippen LogP contribution in [0.1, 0.15) is 5.56 Å². The highest BCUT2D eigenvalue weighted by atomic mass is 16.3. The van der Waals surface area contributed by atoms with Crippen LogP contribution in [0.2, 0.25) is 0 Å². The second-order valence-electron chi connectivity index (χ2n) is 15.5. The fourth-order valence-corrected chi connectivity index (χ4v) is 11.4. The largest absolute Gasteiger partial charge is 0.456 e. The fraction of sp³-hybridized carbons (Fsp3) is 0.0435. The molecule has 2 unspecified atom stereocenters. The van der Waals surface area contributed by atoms with E-state index in [1.54, 1.807) is 0 Å². The van der Waals surface area contributed by atoms with Crippen LogP contribution in [-0.2, 0) is 0 Å². The summed E-state index contributed by atoms with van der Waals surface area (Å²) in [6, 6.07) is 38.2. The normalized spacial score (nSPS) is 19.1. The van der Waals surface area contributed by atoms with Crippen LogP contribution >= 0.6 is 0 Å². The number of para-hydroxylation sites is 3. The van der Waals surface area contributed by atoms with Gasteiger partial charge in [-0.1, -0.05) is 91.0 Å². The Balaban J connectivity index is 1.22. The average molecular weight is 673 g/mol. The molecule has 2 atom stereocenters. The first-order valence-corrected chi connectivity index (χ1v) is 18.7. The van der Waals surface area contributed by atoms with Gasteiger partial charge in [-0.05, 0) is 92.7 Å². The van der Waals surface area contributed by atoms with Crippen LogP contribution in [-0.4, -0.2) is 29.0 Å². The Morgan fingerprint density at radius 2 is 1.30 bits per heavy atom. The first-order chi connectivity index (χ1) is 26.3. The van der Waals surface area contributed by atoms with Crippen LogP contribution in [0, 0.1) is 5.92 Å². The smallest absolute Gasteiger partial charge is 0.332 e. The molecule has 0 fully saturated rings. The summed E-state index contributed by atoms with van der Waals surface area (Å²) in [7, 11) is 0. The van der Waals surface area contributed by atoms with Gasteiger partial charge in [0.05, 0.1) is 28.2 Å². The minimum absolute atomic E-state index is 0.00988. The fourth-order valence-electron chi connectivity index (χ4n) is 11.4. The molecule has 7 heteroatoms. The van der Waals surface area contributed by atoms with Crippen molar-refractivity contribution in [3.05, 3.63) is 145 Å². The van der Waals surface area contributed by atoms with E-state index in [0.29, 0.717) is 5.92 Å². The zero-order chi connectivity index (χ0) is 33.8. The topological polar surface area (TPSA) is 37.7 Å². The molecule has 0 saturated carbocycles. The Morgan fingerprint density at radius 1 is 0.585 bits per heavy atom. The SMILES string of the molecule is C1=CC2C=CN3B4c5ccc6oc7ccccc7c6c5N5c6c4c(cc4c6B(c6ccc7oc8ccccc8c7c65)n5ccc6cccc-4c65)C(=C1)C23. The van der Waals surface area contributed by atoms with Gasteiger partial charge in [0.2, 0.25) is 0 Å². The molecule has 0 bridgehead atoms. The molecule has 0 radical (unpaired) electrons. The molecule has 0 saturated heterocycles. The maximum absolute atomic E-state index is 6.69. The predicted octanol–water partition coefficient (Wildman–Crippen LogP) is 8.06. The maximum atomic E-state index is 6.69. The van der Waals surface area contributed by atoms with Crippen LogP contribution in [0.5, 0.6) is 0 Å². The molecular weight excluding hydrogens is 648 g/mol. The van der Waals surface area contributed by atoms with Gasteiger partial charge in [-0.15, -0.1) is 0 Å². The first kappa shape index (κ1) is 26.2. The number of benzene rings is 6. The molecule has 0 N–H and O–H groups in total. The molecule has 6 aliphatic rings. The Kier molecular flexibility index (Phi) is 4.23. The molecule has 8 heterocycles. The van der Waals surface area contributed by atoms with Crippen molar-refractivity contribution < 1.29 is 8.83 Å². The van der Waals surface area contributed by atoms with E-state index in [4.69, 9.17) is 8.83 Å². The highest BCUT2D eigenvalue weighted by Gasteiger charge is 2.55. The van der Waals surface area contributed by atoms with Crippen LogP contribution in [0.3, 0.4) is 0 Å². The minimum Gasteiger partial charge on any atom is -0.456 e. The van der Waals surface area contributed by atoms with Crippen molar-refractivity contribution in [2.24, 2.45) is 5.92 Å². The minimum atomic E-state index is -0.00988. The van der Waals surface area contributed by atoms with Crippen molar-refractivity contribution in [2.75, 3.05) is 4.90 Å². The summed E-state index contributed by atoms with van der Waals surface area (Å²) in [5.41, 5.74) is 19.5. The summed E-state index contributed by atoms with van der Waals surface area (Å²) in [4.78, 5) is 5.33. The van der Waals surface area contributed by atoms with E-state index < -0.39 is 0 Å². The Morgan fingerprint density at radius 3 is 2.08 bits per heavy atom. The third-order valence-corrected chi connectivity index (χ3v) is 13.3. The molecule has 3 aromatic heterocycles. The number of fused-ring (bicyclic) bond motifs is 18. The monoisotopic (exact) mass is 673 g/mol. The average Bonchev–Trinajstić information content (AvgIpc) is 4.00. The molecule has 1 aliphatic carbocycles. The van der Waals surface area contributed by atoms with E-state index in [1.165, 1.54) is 77.5 Å². The molecule has 15 rings (SSSR count). The number of nitrogens with zero attached hydrogens (tertiary/aromatic N) is 3. The van der Waals surface area contributed by atoms with Crippen LogP contribution in [0.25, 0.3) is 71.5 Å². The summed E-state index contributed by atoms with van der Waals surface area (Å²) >= 11 is 0. The van der Waals surface area contributed by atoms with Gasteiger partial charge in [-0.3, -0.25) is 0 Å². The summed E-state index contributed by atoms with van der Waals surface area (Å²) < 4.78 is 15.9. The van der Waals surface area contributed by atoms with E-state index in [1.807, 2.05) is 0 Å². The highest BCUT2D eigenvalue weighted by Crippen LogP contribution is 2.53. The number of allylic oxidation sites excluding steroid dienone is 2. The van der Waals surface area contributed by atoms with E-state index in [0.717, 1.165) is 38.5 Å². The second-order valence-corrected chi connectivity index (χ2v) is 15.5. The van der Waals surface area contributed by atoms with Gasteiger partial charge in [-0.2, -0.15) is 0 Å². The Bertz CT molecular complexity index is 3360. The number of hydrogen-bond acceptors (Lipinski definition) is 4. The number of anilines is 3. The molecule has 5 nitrogen and oxygen atoms in total. The van der Waals surface area contributed by atoms with E-state index in [9.17, 15) is 0 Å². The van der Waals surface area contributed by atoms with Crippen LogP contribution in [0.4, 0.5) is 17.1 Å². The van der Waals surface area contributed by atoms with Crippen molar-refractivity contribution in [3.8, 4) is 11.1 Å². The van der Waals surface area contributed by atoms with Crippen molar-refractivity contribution in [1.82, 2.24) is 9.29 Å². The molecule has 6 aromatic carbocycles. The third-order valence-electron chi connectivity index (χ3n) is 13.3. The number of rotatable bonds is 0. The molecular formula is C46H25B2N3O2. The lowest BCUT2D eigenvalue weighted by molar-refractivity contribution is 0.484. The van der Waals surface area contributed by atoms with Gasteiger partial charge in [0.25, 0.3) is 0 Å². The zero-order valence-electron chi connectivity index (χ0n) is 28.2. The van der Waals surface area contributed by atoms with Gasteiger partial charge in [0.1, 0.15) is 22.3 Å². The Hall–Kier alpha value is -6.59. The van der Waals surface area contributed by atoms with E-state index >= 15 is 0 Å². The molecule has 0 spiro atoms. The standard InChI is InChI=1S/C46H25B2N3O2/c1-3-13-34-28(9-1)38-36(52-34)17-15-32-44(38)51-45-33(16-18-37-39(45)29-10-2-4-14-35(29)53-37)48-41-31(27-12-6-8-25-20-22-50(48)43(25)27)23-30-26-11-5-7-24-19-21-49(42(24)26)47(32)40(30)46(41)51/h1-24,42H. The van der Waals surface area contributed by atoms with Crippen molar-refractivity contribution in [1.29, 1.82) is 0 Å². The van der Waals surface area contributed by atoms with Gasteiger partial charge < -0.3 is 23.0 Å². The lowest BCUT2D eigenvalue weighted by Crippen LogP contribution is -2.69. The predicted molar refractivity (Wildman–Crippen MR) is 217 cm³/mol. The quantitative estimate of drug-likeness (QED) is 0.153. The highest BCUT2D eigenvalue weighted by molar-refractivity contribution is 6.94. The second kappa shape index (κ2) is 8.54. The van der Waals surface area contributed by atoms with Crippen LogP contribution in [0.15, 0.2) is 149 Å². The lowest BCUT2D eigenvalue weighted by Gasteiger charge is -2.51. The zero-order valence-corrected chi connectivity index (χ0v) is 28.2. The van der Waals surface area contributed by atoms with Gasteiger partial charge in [0.15, 0.2) is 0 Å². The van der Waals surface area contributed by atoms with Crippen molar-refractivity contribution >= 4 is 113 Å². The Labute approximate surface area is 303 Å². The molecule has 9 aromatic rings. The first-order valence-electron chi connectivity index (χ1n) is 18.7. The summed E-state index contributed by atoms with van der Waals surface area (Å²) in [5.74, 6) is 0.335. The maximum Gasteiger partial charge on any atom is 0.332 e. The lowest BCUT2D eigenvalue weighted by atomic mass is 9.37. The molecule has 242 valence electrons.